The zero-order valence-corrected chi connectivity index (χ0v) is 10.4. The van der Waals surface area contributed by atoms with Gasteiger partial charge in [-0.05, 0) is 31.5 Å². The van der Waals surface area contributed by atoms with E-state index in [4.69, 9.17) is 0 Å². The maximum atomic E-state index is 4.28. The van der Waals surface area contributed by atoms with E-state index in [0.29, 0.717) is 0 Å². The third kappa shape index (κ3) is 2.38. The van der Waals surface area contributed by atoms with E-state index in [2.05, 4.69) is 32.2 Å². The highest BCUT2D eigenvalue weighted by molar-refractivity contribution is 5.49. The van der Waals surface area contributed by atoms with Crippen LogP contribution in [0.4, 0.5) is 5.82 Å². The number of hydrogen-bond acceptors (Lipinski definition) is 3. The Morgan fingerprint density at radius 2 is 2.39 bits per heavy atom. The molecule has 0 aromatic carbocycles. The quantitative estimate of drug-likeness (QED) is 0.806. The van der Waals surface area contributed by atoms with Gasteiger partial charge in [0, 0.05) is 25.5 Å². The minimum Gasteiger partial charge on any atom is -0.371 e. The van der Waals surface area contributed by atoms with Gasteiger partial charge in [0.15, 0.2) is 0 Å². The molecule has 3 heterocycles. The summed E-state index contributed by atoms with van der Waals surface area (Å²) in [5, 5.41) is 6.82. The Labute approximate surface area is 107 Å². The number of nitrogens with zero attached hydrogens (tertiary/aromatic N) is 2. The first kappa shape index (κ1) is 11.3. The fourth-order valence-corrected chi connectivity index (χ4v) is 2.34. The van der Waals surface area contributed by atoms with Crippen LogP contribution >= 0.6 is 0 Å². The third-order valence-corrected chi connectivity index (χ3v) is 3.34. The molecule has 1 aliphatic rings. The first-order valence-electron chi connectivity index (χ1n) is 6.48. The van der Waals surface area contributed by atoms with Crippen LogP contribution in [0.3, 0.4) is 0 Å². The molecule has 0 bridgehead atoms. The molecule has 0 atom stereocenters. The molecule has 2 aromatic heterocycles. The van der Waals surface area contributed by atoms with Crippen molar-refractivity contribution in [2.45, 2.75) is 12.8 Å². The molecule has 4 heteroatoms. The lowest BCUT2D eigenvalue weighted by Crippen LogP contribution is -2.21. The highest BCUT2D eigenvalue weighted by Crippen LogP contribution is 2.13. The molecular formula is C14H18N4. The minimum absolute atomic E-state index is 0.975. The number of rotatable bonds is 4. The summed E-state index contributed by atoms with van der Waals surface area (Å²) >= 11 is 0. The fourth-order valence-electron chi connectivity index (χ4n) is 2.34. The molecule has 0 saturated heterocycles. The number of anilines is 1. The maximum absolute atomic E-state index is 4.28. The molecule has 0 amide bonds. The monoisotopic (exact) mass is 242 g/mol. The Hall–Kier alpha value is -1.81. The summed E-state index contributed by atoms with van der Waals surface area (Å²) in [6.45, 7) is 3.11. The number of aromatic nitrogens is 2. The van der Waals surface area contributed by atoms with Crippen molar-refractivity contribution in [3.63, 3.8) is 0 Å². The molecule has 0 fully saturated rings. The van der Waals surface area contributed by atoms with Crippen LogP contribution in [0.1, 0.15) is 12.8 Å². The van der Waals surface area contributed by atoms with Crippen molar-refractivity contribution in [3.05, 3.63) is 42.2 Å². The van der Waals surface area contributed by atoms with Gasteiger partial charge in [-0.25, -0.2) is 4.98 Å². The van der Waals surface area contributed by atoms with Crippen LogP contribution < -0.4 is 10.6 Å². The zero-order chi connectivity index (χ0) is 12.2. The normalized spacial score (nSPS) is 15.7. The van der Waals surface area contributed by atoms with Gasteiger partial charge < -0.3 is 10.6 Å². The third-order valence-electron chi connectivity index (χ3n) is 3.34. The Morgan fingerprint density at radius 1 is 1.39 bits per heavy atom. The van der Waals surface area contributed by atoms with Gasteiger partial charge in [0.25, 0.3) is 0 Å². The molecule has 1 aliphatic heterocycles. The molecule has 0 saturated carbocycles. The van der Waals surface area contributed by atoms with Crippen molar-refractivity contribution < 1.29 is 0 Å². The van der Waals surface area contributed by atoms with Gasteiger partial charge in [0.05, 0.1) is 0 Å². The molecule has 2 N–H and O–H groups in total. The molecule has 2 aromatic rings. The van der Waals surface area contributed by atoms with Crippen LogP contribution in [0, 0.1) is 0 Å². The second kappa shape index (κ2) is 5.23. The van der Waals surface area contributed by atoms with E-state index >= 15 is 0 Å². The van der Waals surface area contributed by atoms with Crippen molar-refractivity contribution in [1.82, 2.24) is 14.7 Å². The van der Waals surface area contributed by atoms with Crippen LogP contribution in [0.2, 0.25) is 0 Å². The Balaban J connectivity index is 1.62. The molecule has 0 spiro atoms. The Bertz CT molecular complexity index is 556. The van der Waals surface area contributed by atoms with E-state index in [9.17, 15) is 0 Å². The molecule has 18 heavy (non-hydrogen) atoms. The molecule has 4 nitrogen and oxygen atoms in total. The van der Waals surface area contributed by atoms with Crippen molar-refractivity contribution in [2.24, 2.45) is 0 Å². The number of imidazole rings is 1. The lowest BCUT2D eigenvalue weighted by molar-refractivity contribution is 0.683. The summed E-state index contributed by atoms with van der Waals surface area (Å²) in [6, 6.07) is 6.14. The second-order valence-electron chi connectivity index (χ2n) is 4.56. The van der Waals surface area contributed by atoms with Gasteiger partial charge in [-0.15, -0.1) is 0 Å². The van der Waals surface area contributed by atoms with Crippen molar-refractivity contribution in [3.8, 4) is 0 Å². The fraction of sp³-hybridized carbons (Fsp3) is 0.357. The summed E-state index contributed by atoms with van der Waals surface area (Å²) in [5.74, 6) is 1.11. The maximum Gasteiger partial charge on any atom is 0.138 e. The summed E-state index contributed by atoms with van der Waals surface area (Å²) in [6.07, 6.45) is 8.42. The largest absolute Gasteiger partial charge is 0.371 e. The smallest absolute Gasteiger partial charge is 0.138 e. The summed E-state index contributed by atoms with van der Waals surface area (Å²) in [4.78, 5) is 4.28. The van der Waals surface area contributed by atoms with E-state index < -0.39 is 0 Å². The molecule has 0 radical (unpaired) electrons. The Kier molecular flexibility index (Phi) is 3.28. The first-order valence-corrected chi connectivity index (χ1v) is 6.48. The van der Waals surface area contributed by atoms with Crippen molar-refractivity contribution in [1.29, 1.82) is 0 Å². The molecule has 0 unspecified atom stereocenters. The van der Waals surface area contributed by atoms with Gasteiger partial charge in [-0.2, -0.15) is 0 Å². The average Bonchev–Trinajstić information content (AvgIpc) is 2.89. The minimum atomic E-state index is 0.975. The topological polar surface area (TPSA) is 41.4 Å². The van der Waals surface area contributed by atoms with Crippen molar-refractivity contribution >= 4 is 11.5 Å². The first-order chi connectivity index (χ1) is 8.93. The van der Waals surface area contributed by atoms with Crippen molar-refractivity contribution in [2.75, 3.05) is 25.0 Å². The van der Waals surface area contributed by atoms with E-state index in [1.54, 1.807) is 5.57 Å². The Morgan fingerprint density at radius 3 is 3.28 bits per heavy atom. The predicted octanol–water partition coefficient (Wildman–Crippen LogP) is 2.06. The lowest BCUT2D eigenvalue weighted by atomic mass is 10.1. The summed E-state index contributed by atoms with van der Waals surface area (Å²) < 4.78 is 2.08. The molecule has 0 aliphatic carbocycles. The number of fused-ring (bicyclic) bond motifs is 1. The second-order valence-corrected chi connectivity index (χ2v) is 4.56. The lowest BCUT2D eigenvalue weighted by Gasteiger charge is -2.15. The predicted molar refractivity (Wildman–Crippen MR) is 73.9 cm³/mol. The van der Waals surface area contributed by atoms with Crippen LogP contribution in [0.15, 0.2) is 42.2 Å². The zero-order valence-electron chi connectivity index (χ0n) is 10.4. The number of pyridine rings is 1. The number of nitrogens with one attached hydrogen (secondary N) is 2. The van der Waals surface area contributed by atoms with Gasteiger partial charge in [-0.3, -0.25) is 4.40 Å². The van der Waals surface area contributed by atoms with E-state index in [0.717, 1.165) is 37.5 Å². The SMILES string of the molecule is C1=C(CCNc2cccc3nccn23)CCNC1. The van der Waals surface area contributed by atoms with Gasteiger partial charge in [0.1, 0.15) is 11.5 Å². The highest BCUT2D eigenvalue weighted by atomic mass is 15.1. The average molecular weight is 242 g/mol. The summed E-state index contributed by atoms with van der Waals surface area (Å²) in [7, 11) is 0. The van der Waals surface area contributed by atoms with Crippen LogP contribution in [-0.2, 0) is 0 Å². The van der Waals surface area contributed by atoms with Gasteiger partial charge in [0.2, 0.25) is 0 Å². The van der Waals surface area contributed by atoms with Crippen LogP contribution in [0.25, 0.3) is 5.65 Å². The number of hydrogen-bond donors (Lipinski definition) is 2. The summed E-state index contributed by atoms with van der Waals surface area (Å²) in [5.41, 5.74) is 2.54. The van der Waals surface area contributed by atoms with Gasteiger partial charge >= 0.3 is 0 Å². The van der Waals surface area contributed by atoms with Crippen LogP contribution in [0.5, 0.6) is 0 Å². The standard InChI is InChI=1S/C14H18N4/c1-2-13(18-11-10-17-14(18)3-1)16-9-6-12-4-7-15-8-5-12/h1-4,10-11,15-16H,5-9H2. The van der Waals surface area contributed by atoms with Gasteiger partial charge in [-0.1, -0.05) is 17.7 Å². The molecule has 3 rings (SSSR count). The molecular weight excluding hydrogens is 224 g/mol. The van der Waals surface area contributed by atoms with E-state index in [1.807, 2.05) is 24.5 Å². The molecule has 94 valence electrons. The highest BCUT2D eigenvalue weighted by Gasteiger charge is 2.03. The van der Waals surface area contributed by atoms with E-state index in [-0.39, 0.29) is 0 Å². The van der Waals surface area contributed by atoms with Crippen LogP contribution in [-0.4, -0.2) is 29.0 Å². The van der Waals surface area contributed by atoms with E-state index in [1.165, 1.54) is 6.42 Å².